The highest BCUT2D eigenvalue weighted by atomic mass is 19.1. The Kier molecular flexibility index (Phi) is 7.79. The Morgan fingerprint density at radius 3 is 2.30 bits per heavy atom. The van der Waals surface area contributed by atoms with E-state index >= 15 is 0 Å². The lowest BCUT2D eigenvalue weighted by molar-refractivity contribution is -0.140. The summed E-state index contributed by atoms with van der Waals surface area (Å²) in [5.41, 5.74) is 5.10. The third-order valence-electron chi connectivity index (χ3n) is 2.65. The number of alkyl halides is 1. The first-order chi connectivity index (χ1) is 9.24. The van der Waals surface area contributed by atoms with Gasteiger partial charge in [-0.3, -0.25) is 14.4 Å². The predicted molar refractivity (Wildman–Crippen MR) is 73.5 cm³/mol. The van der Waals surface area contributed by atoms with E-state index in [9.17, 15) is 18.8 Å². The molecule has 0 unspecified atom stereocenters. The third-order valence-corrected chi connectivity index (χ3v) is 2.65. The number of halogens is 1. The highest BCUT2D eigenvalue weighted by Gasteiger charge is 2.40. The van der Waals surface area contributed by atoms with Crippen molar-refractivity contribution in [3.63, 3.8) is 0 Å². The first kappa shape index (κ1) is 18.3. The molecule has 1 fully saturated rings. The topological polar surface area (TPSA) is 92.5 Å². The summed E-state index contributed by atoms with van der Waals surface area (Å²) in [6.07, 6.45) is -0.0746. The van der Waals surface area contributed by atoms with E-state index in [1.165, 1.54) is 20.3 Å². The van der Waals surface area contributed by atoms with E-state index in [0.29, 0.717) is 0 Å². The van der Waals surface area contributed by atoms with Gasteiger partial charge in [-0.2, -0.15) is 0 Å². The van der Waals surface area contributed by atoms with Crippen molar-refractivity contribution in [1.82, 2.24) is 10.2 Å². The molecule has 3 atom stereocenters. The van der Waals surface area contributed by atoms with E-state index in [1.54, 1.807) is 0 Å². The monoisotopic (exact) mass is 289 g/mol. The van der Waals surface area contributed by atoms with Crippen molar-refractivity contribution < 1.29 is 18.8 Å². The fraction of sp³-hybridized carbons (Fsp3) is 0.769. The SMILES string of the molecule is CC(=O)N[C@@H](C)C(=O)N1C[C@@H](F)C[C@H]1C(N)=O.CCC. The summed E-state index contributed by atoms with van der Waals surface area (Å²) in [5, 5.41) is 2.39. The van der Waals surface area contributed by atoms with Crippen molar-refractivity contribution in [2.24, 2.45) is 5.73 Å². The second-order valence-electron chi connectivity index (χ2n) is 4.87. The first-order valence-corrected chi connectivity index (χ1v) is 6.75. The Labute approximate surface area is 118 Å². The van der Waals surface area contributed by atoms with Gasteiger partial charge < -0.3 is 16.0 Å². The molecule has 1 aliphatic rings. The summed E-state index contributed by atoms with van der Waals surface area (Å²) >= 11 is 0. The number of carbonyl (C=O) groups excluding carboxylic acids is 3. The molecule has 7 heteroatoms. The van der Waals surface area contributed by atoms with Gasteiger partial charge in [-0.15, -0.1) is 0 Å². The van der Waals surface area contributed by atoms with Gasteiger partial charge in [0, 0.05) is 13.3 Å². The largest absolute Gasteiger partial charge is 0.368 e. The lowest BCUT2D eigenvalue weighted by Crippen LogP contribution is -2.51. The number of likely N-dealkylation sites (tertiary alicyclic amines) is 1. The van der Waals surface area contributed by atoms with Crippen LogP contribution in [0.5, 0.6) is 0 Å². The zero-order chi connectivity index (χ0) is 15.9. The summed E-state index contributed by atoms with van der Waals surface area (Å²) in [5.74, 6) is -1.59. The van der Waals surface area contributed by atoms with Crippen molar-refractivity contribution in [2.45, 2.75) is 58.8 Å². The van der Waals surface area contributed by atoms with Gasteiger partial charge in [-0.05, 0) is 6.92 Å². The summed E-state index contributed by atoms with van der Waals surface area (Å²) in [7, 11) is 0. The molecule has 0 aliphatic carbocycles. The average Bonchev–Trinajstić information content (AvgIpc) is 2.70. The highest BCUT2D eigenvalue weighted by Crippen LogP contribution is 2.21. The molecule has 0 aromatic rings. The van der Waals surface area contributed by atoms with E-state index in [1.807, 2.05) is 0 Å². The molecular weight excluding hydrogens is 265 g/mol. The van der Waals surface area contributed by atoms with Gasteiger partial charge in [0.05, 0.1) is 6.54 Å². The molecule has 1 rings (SSSR count). The van der Waals surface area contributed by atoms with Gasteiger partial charge in [-0.1, -0.05) is 20.3 Å². The fourth-order valence-corrected chi connectivity index (χ4v) is 1.91. The average molecular weight is 289 g/mol. The van der Waals surface area contributed by atoms with E-state index in [2.05, 4.69) is 19.2 Å². The Bertz CT molecular complexity index is 363. The zero-order valence-corrected chi connectivity index (χ0v) is 12.5. The Hall–Kier alpha value is -1.66. The van der Waals surface area contributed by atoms with Gasteiger partial charge in [0.1, 0.15) is 18.3 Å². The van der Waals surface area contributed by atoms with Crippen molar-refractivity contribution in [2.75, 3.05) is 6.54 Å². The van der Waals surface area contributed by atoms with Crippen molar-refractivity contribution in [3.05, 3.63) is 0 Å². The molecule has 0 radical (unpaired) electrons. The quantitative estimate of drug-likeness (QED) is 0.785. The van der Waals surface area contributed by atoms with Gasteiger partial charge >= 0.3 is 0 Å². The number of nitrogens with zero attached hydrogens (tertiary/aromatic N) is 1. The summed E-state index contributed by atoms with van der Waals surface area (Å²) in [6, 6.07) is -1.71. The van der Waals surface area contributed by atoms with E-state index in [0.717, 1.165) is 4.90 Å². The minimum Gasteiger partial charge on any atom is -0.368 e. The Morgan fingerprint density at radius 2 is 1.90 bits per heavy atom. The molecule has 0 aromatic carbocycles. The van der Waals surface area contributed by atoms with Gasteiger partial charge in [0.2, 0.25) is 17.7 Å². The highest BCUT2D eigenvalue weighted by molar-refractivity contribution is 5.91. The van der Waals surface area contributed by atoms with Crippen LogP contribution >= 0.6 is 0 Å². The number of rotatable bonds is 3. The van der Waals surface area contributed by atoms with Crippen LogP contribution in [0, 0.1) is 0 Å². The van der Waals surface area contributed by atoms with Crippen LogP contribution in [-0.2, 0) is 14.4 Å². The second-order valence-corrected chi connectivity index (χ2v) is 4.87. The van der Waals surface area contributed by atoms with Crippen LogP contribution in [0.1, 0.15) is 40.5 Å². The second kappa shape index (κ2) is 8.50. The smallest absolute Gasteiger partial charge is 0.245 e. The summed E-state index contributed by atoms with van der Waals surface area (Å²) in [4.78, 5) is 34.9. The minimum atomic E-state index is -1.25. The number of nitrogens with one attached hydrogen (secondary N) is 1. The number of carbonyl (C=O) groups is 3. The third kappa shape index (κ3) is 5.54. The lowest BCUT2D eigenvalue weighted by atomic mass is 10.2. The summed E-state index contributed by atoms with van der Waals surface area (Å²) < 4.78 is 13.2. The van der Waals surface area contributed by atoms with E-state index in [-0.39, 0.29) is 18.9 Å². The molecule has 0 saturated carbocycles. The van der Waals surface area contributed by atoms with Crippen LogP contribution in [0.25, 0.3) is 0 Å². The van der Waals surface area contributed by atoms with Crippen LogP contribution in [0.3, 0.4) is 0 Å². The molecule has 1 aliphatic heterocycles. The Balaban J connectivity index is 0.00000110. The lowest BCUT2D eigenvalue weighted by Gasteiger charge is -2.25. The molecule has 0 aromatic heterocycles. The number of hydrogen-bond donors (Lipinski definition) is 2. The first-order valence-electron chi connectivity index (χ1n) is 6.75. The van der Waals surface area contributed by atoms with Crippen molar-refractivity contribution >= 4 is 17.7 Å². The standard InChI is InChI=1S/C10H16FN3O3.C3H8/c1-5(13-6(2)15)10(17)14-4-7(11)3-8(14)9(12)16;1-3-2/h5,7-8H,3-4H2,1-2H3,(H2,12,16)(H,13,15);3H2,1-2H3/t5-,7-,8-;/m0./s1. The molecule has 0 bridgehead atoms. The van der Waals surface area contributed by atoms with Gasteiger partial charge in [0.15, 0.2) is 0 Å². The molecule has 3 N–H and O–H groups in total. The van der Waals surface area contributed by atoms with Crippen LogP contribution in [0.15, 0.2) is 0 Å². The molecule has 0 spiro atoms. The number of nitrogens with two attached hydrogens (primary N) is 1. The Morgan fingerprint density at radius 1 is 1.40 bits per heavy atom. The molecule has 3 amide bonds. The normalized spacial score (nSPS) is 22.6. The molecule has 1 heterocycles. The van der Waals surface area contributed by atoms with Crippen LogP contribution in [0.4, 0.5) is 4.39 Å². The summed E-state index contributed by atoms with van der Waals surface area (Å²) in [6.45, 7) is 6.85. The van der Waals surface area contributed by atoms with Crippen LogP contribution < -0.4 is 11.1 Å². The predicted octanol–water partition coefficient (Wildman–Crippen LogP) is 0.352. The number of primary amides is 1. The molecule has 1 saturated heterocycles. The minimum absolute atomic E-state index is 0.0755. The maximum Gasteiger partial charge on any atom is 0.245 e. The fourth-order valence-electron chi connectivity index (χ4n) is 1.91. The van der Waals surface area contributed by atoms with Gasteiger partial charge in [0.25, 0.3) is 0 Å². The van der Waals surface area contributed by atoms with Crippen molar-refractivity contribution in [1.29, 1.82) is 0 Å². The van der Waals surface area contributed by atoms with Crippen molar-refractivity contribution in [3.8, 4) is 0 Å². The maximum atomic E-state index is 13.2. The van der Waals surface area contributed by atoms with Gasteiger partial charge in [-0.25, -0.2) is 4.39 Å². The molecule has 6 nitrogen and oxygen atoms in total. The van der Waals surface area contributed by atoms with Crippen LogP contribution in [-0.4, -0.2) is 47.4 Å². The van der Waals surface area contributed by atoms with E-state index < -0.39 is 30.1 Å². The molecule has 20 heavy (non-hydrogen) atoms. The number of amides is 3. The maximum absolute atomic E-state index is 13.2. The molecular formula is C13H24FN3O3. The molecule has 116 valence electrons. The number of hydrogen-bond acceptors (Lipinski definition) is 3. The van der Waals surface area contributed by atoms with E-state index in [4.69, 9.17) is 5.73 Å². The van der Waals surface area contributed by atoms with Crippen LogP contribution in [0.2, 0.25) is 0 Å². The zero-order valence-electron chi connectivity index (χ0n) is 12.5.